The van der Waals surface area contributed by atoms with E-state index in [9.17, 15) is 9.59 Å². The number of amides is 2. The van der Waals surface area contributed by atoms with Gasteiger partial charge in [0.05, 0.1) is 5.39 Å². The van der Waals surface area contributed by atoms with Crippen LogP contribution in [0.25, 0.3) is 10.2 Å². The van der Waals surface area contributed by atoms with Crippen LogP contribution >= 0.6 is 11.3 Å². The summed E-state index contributed by atoms with van der Waals surface area (Å²) in [5.74, 6) is 0.753. The minimum absolute atomic E-state index is 0.141. The fourth-order valence-electron chi connectivity index (χ4n) is 2.29. The Morgan fingerprint density at radius 2 is 2.19 bits per heavy atom. The Labute approximate surface area is 125 Å². The number of likely N-dealkylation sites (N-methyl/N-ethyl adjacent to an activating group) is 1. The molecule has 2 N–H and O–H groups in total. The van der Waals surface area contributed by atoms with E-state index in [1.54, 1.807) is 7.05 Å². The monoisotopic (exact) mass is 305 g/mol. The number of rotatable bonds is 3. The number of nitrogens with zero attached hydrogens (tertiary/aromatic N) is 3. The zero-order chi connectivity index (χ0) is 15.0. The van der Waals surface area contributed by atoms with Crippen LogP contribution in [0, 0.1) is 0 Å². The molecule has 1 aliphatic rings. The molecule has 0 bridgehead atoms. The number of carbonyl (C=O) groups is 2. The summed E-state index contributed by atoms with van der Waals surface area (Å²) < 4.78 is 0. The number of imide groups is 1. The predicted molar refractivity (Wildman–Crippen MR) is 81.4 cm³/mol. The van der Waals surface area contributed by atoms with Gasteiger partial charge in [-0.15, -0.1) is 11.3 Å². The molecule has 1 fully saturated rings. The van der Waals surface area contributed by atoms with Crippen molar-refractivity contribution in [2.75, 3.05) is 24.7 Å². The Kier molecular flexibility index (Phi) is 3.46. The van der Waals surface area contributed by atoms with Crippen LogP contribution in [0.5, 0.6) is 0 Å². The lowest BCUT2D eigenvalue weighted by Crippen LogP contribution is -2.48. The molecule has 0 radical (unpaired) electrons. The lowest BCUT2D eigenvalue weighted by Gasteiger charge is -2.28. The van der Waals surface area contributed by atoms with Crippen molar-refractivity contribution in [3.63, 3.8) is 0 Å². The number of aromatic nitrogens is 2. The Morgan fingerprint density at radius 3 is 2.95 bits per heavy atom. The molecule has 0 aliphatic carbocycles. The molecule has 2 aromatic rings. The van der Waals surface area contributed by atoms with Crippen molar-refractivity contribution >= 4 is 45.1 Å². The number of carbonyl (C=O) groups excluding carboxylic acids is 2. The van der Waals surface area contributed by atoms with Crippen molar-refractivity contribution in [3.05, 3.63) is 11.4 Å². The van der Waals surface area contributed by atoms with Crippen LogP contribution in [0.4, 0.5) is 11.8 Å². The predicted octanol–water partition coefficient (Wildman–Crippen LogP) is 1.29. The van der Waals surface area contributed by atoms with Gasteiger partial charge in [0.2, 0.25) is 11.9 Å². The van der Waals surface area contributed by atoms with Crippen molar-refractivity contribution < 1.29 is 9.59 Å². The first-order valence-electron chi connectivity index (χ1n) is 6.60. The molecular weight excluding hydrogens is 290 g/mol. The van der Waals surface area contributed by atoms with Crippen molar-refractivity contribution in [1.82, 2.24) is 14.9 Å². The number of hydrogen-bond acceptors (Lipinski definition) is 7. The maximum Gasteiger partial charge on any atom is 0.251 e. The Hall–Kier alpha value is -2.22. The van der Waals surface area contributed by atoms with Gasteiger partial charge >= 0.3 is 0 Å². The molecule has 0 spiro atoms. The smallest absolute Gasteiger partial charge is 0.251 e. The molecule has 1 saturated heterocycles. The summed E-state index contributed by atoms with van der Waals surface area (Å²) in [5, 5.41) is 8.88. The summed E-state index contributed by atoms with van der Waals surface area (Å²) in [7, 11) is 3.26. The van der Waals surface area contributed by atoms with E-state index in [0.29, 0.717) is 24.6 Å². The third-order valence-corrected chi connectivity index (χ3v) is 4.32. The summed E-state index contributed by atoms with van der Waals surface area (Å²) in [4.78, 5) is 34.4. The van der Waals surface area contributed by atoms with Crippen molar-refractivity contribution in [3.8, 4) is 0 Å². The zero-order valence-corrected chi connectivity index (χ0v) is 12.5. The summed E-state index contributed by atoms with van der Waals surface area (Å²) in [6.45, 7) is 0. The van der Waals surface area contributed by atoms with Crippen molar-refractivity contribution in [2.24, 2.45) is 0 Å². The average Bonchev–Trinajstić information content (AvgIpc) is 2.96. The first-order valence-corrected chi connectivity index (χ1v) is 7.48. The van der Waals surface area contributed by atoms with Crippen LogP contribution in [0.1, 0.15) is 12.8 Å². The number of nitrogens with one attached hydrogen (secondary N) is 2. The second kappa shape index (κ2) is 5.28. The third-order valence-electron chi connectivity index (χ3n) is 3.51. The van der Waals surface area contributed by atoms with Gasteiger partial charge in [-0.25, -0.2) is 4.98 Å². The fraction of sp³-hybridized carbons (Fsp3) is 0.385. The quantitative estimate of drug-likeness (QED) is 0.831. The van der Waals surface area contributed by atoms with E-state index in [4.69, 9.17) is 0 Å². The molecule has 8 heteroatoms. The van der Waals surface area contributed by atoms with Crippen molar-refractivity contribution in [2.45, 2.75) is 18.9 Å². The average molecular weight is 305 g/mol. The second-order valence-electron chi connectivity index (χ2n) is 4.81. The highest BCUT2D eigenvalue weighted by Crippen LogP contribution is 2.28. The Morgan fingerprint density at radius 1 is 1.38 bits per heavy atom. The molecular formula is C13H15N5O2S. The van der Waals surface area contributed by atoms with Crippen LogP contribution in [-0.2, 0) is 9.59 Å². The second-order valence-corrected chi connectivity index (χ2v) is 5.71. The molecule has 2 amide bonds. The maximum absolute atomic E-state index is 12.2. The molecule has 3 heterocycles. The van der Waals surface area contributed by atoms with Gasteiger partial charge in [-0.05, 0) is 17.9 Å². The summed E-state index contributed by atoms with van der Waals surface area (Å²) >= 11 is 1.51. The number of fused-ring (bicyclic) bond motifs is 1. The van der Waals surface area contributed by atoms with Gasteiger partial charge in [0.15, 0.2) is 0 Å². The molecule has 0 aromatic carbocycles. The van der Waals surface area contributed by atoms with Gasteiger partial charge in [0, 0.05) is 20.5 Å². The highest BCUT2D eigenvalue weighted by atomic mass is 32.1. The first-order chi connectivity index (χ1) is 10.1. The van der Waals surface area contributed by atoms with E-state index in [1.807, 2.05) is 11.4 Å². The molecule has 110 valence electrons. The Balaban J connectivity index is 1.92. The molecule has 3 rings (SSSR count). The first kappa shape index (κ1) is 13.7. The van der Waals surface area contributed by atoms with Gasteiger partial charge in [0.1, 0.15) is 16.7 Å². The van der Waals surface area contributed by atoms with Crippen LogP contribution in [0.2, 0.25) is 0 Å². The van der Waals surface area contributed by atoms with E-state index < -0.39 is 6.04 Å². The number of hydrogen-bond donors (Lipinski definition) is 2. The lowest BCUT2D eigenvalue weighted by atomic mass is 10.0. The number of thiophene rings is 1. The fourth-order valence-corrected chi connectivity index (χ4v) is 3.06. The number of likely N-dealkylation sites (tertiary alicyclic amines) is 1. The molecule has 7 nitrogen and oxygen atoms in total. The van der Waals surface area contributed by atoms with E-state index in [2.05, 4.69) is 20.6 Å². The van der Waals surface area contributed by atoms with Gasteiger partial charge in [-0.2, -0.15) is 4.98 Å². The highest BCUT2D eigenvalue weighted by molar-refractivity contribution is 7.16. The van der Waals surface area contributed by atoms with Crippen molar-refractivity contribution in [1.29, 1.82) is 0 Å². The summed E-state index contributed by atoms with van der Waals surface area (Å²) in [6.07, 6.45) is 0.836. The normalized spacial score (nSPS) is 19.1. The number of anilines is 2. The van der Waals surface area contributed by atoms with Gasteiger partial charge < -0.3 is 10.6 Å². The molecule has 0 saturated carbocycles. The van der Waals surface area contributed by atoms with Crippen LogP contribution in [-0.4, -0.2) is 46.8 Å². The standard InChI is InChI=1S/C13H15N5O2S/c1-14-13-16-10(7-5-6-21-11(7)17-13)15-8-3-4-9(19)18(2)12(8)20/h5-6,8H,3-4H2,1-2H3,(H2,14,15,16,17). The third kappa shape index (κ3) is 2.42. The maximum atomic E-state index is 12.2. The van der Waals surface area contributed by atoms with Crippen LogP contribution in [0.15, 0.2) is 11.4 Å². The molecule has 1 aliphatic heterocycles. The van der Waals surface area contributed by atoms with E-state index in [0.717, 1.165) is 10.2 Å². The largest absolute Gasteiger partial charge is 0.358 e. The Bertz CT molecular complexity index is 714. The van der Waals surface area contributed by atoms with E-state index >= 15 is 0 Å². The molecule has 2 aromatic heterocycles. The SMILES string of the molecule is CNc1nc(NC2CCC(=O)N(C)C2=O)c2ccsc2n1. The zero-order valence-electron chi connectivity index (χ0n) is 11.7. The van der Waals surface area contributed by atoms with Gasteiger partial charge in [-0.3, -0.25) is 14.5 Å². The topological polar surface area (TPSA) is 87.2 Å². The minimum Gasteiger partial charge on any atom is -0.358 e. The molecule has 1 atom stereocenters. The van der Waals surface area contributed by atoms with Crippen LogP contribution < -0.4 is 10.6 Å². The minimum atomic E-state index is -0.435. The number of piperidine rings is 1. The molecule has 1 unspecified atom stereocenters. The lowest BCUT2D eigenvalue weighted by molar-refractivity contribution is -0.146. The van der Waals surface area contributed by atoms with Gasteiger partial charge in [-0.1, -0.05) is 0 Å². The molecule has 21 heavy (non-hydrogen) atoms. The van der Waals surface area contributed by atoms with E-state index in [-0.39, 0.29) is 11.8 Å². The van der Waals surface area contributed by atoms with Gasteiger partial charge in [0.25, 0.3) is 5.91 Å². The highest BCUT2D eigenvalue weighted by Gasteiger charge is 2.32. The van der Waals surface area contributed by atoms with E-state index in [1.165, 1.54) is 23.3 Å². The summed E-state index contributed by atoms with van der Waals surface area (Å²) in [6, 6.07) is 1.49. The van der Waals surface area contributed by atoms with Crippen LogP contribution in [0.3, 0.4) is 0 Å². The summed E-state index contributed by atoms with van der Waals surface area (Å²) in [5.41, 5.74) is 0.